The molecule has 0 aliphatic carbocycles. The van der Waals surface area contributed by atoms with Crippen LogP contribution in [0.4, 0.5) is 0 Å². The lowest BCUT2D eigenvalue weighted by atomic mass is 10.4. The summed E-state index contributed by atoms with van der Waals surface area (Å²) in [6.45, 7) is 1.72. The van der Waals surface area contributed by atoms with Crippen LogP contribution in [0.25, 0.3) is 0 Å². The van der Waals surface area contributed by atoms with Gasteiger partial charge < -0.3 is 0 Å². The van der Waals surface area contributed by atoms with Crippen molar-refractivity contribution in [1.29, 1.82) is 5.41 Å². The Bertz CT molecular complexity index is 193. The maximum Gasteiger partial charge on any atom is 0.188 e. The highest BCUT2D eigenvalue weighted by atomic mass is 32.2. The molecule has 4 heteroatoms. The normalized spacial score (nSPS) is 11.3. The van der Waals surface area contributed by atoms with Crippen LogP contribution in [0.1, 0.15) is 13.3 Å². The highest BCUT2D eigenvalue weighted by Gasteiger charge is 2.07. The molecule has 0 unspecified atom stereocenters. The molecule has 0 aliphatic heterocycles. The van der Waals surface area contributed by atoms with Gasteiger partial charge >= 0.3 is 0 Å². The van der Waals surface area contributed by atoms with Gasteiger partial charge in [0.25, 0.3) is 0 Å². The van der Waals surface area contributed by atoms with Crippen LogP contribution in [0, 0.1) is 11.8 Å². The predicted octanol–water partition coefficient (Wildman–Crippen LogP) is 0.623. The van der Waals surface area contributed by atoms with Crippen LogP contribution in [0.5, 0.6) is 0 Å². The number of hydrogen-bond acceptors (Lipinski definition) is 3. The fourth-order valence-corrected chi connectivity index (χ4v) is 0.806. The second kappa shape index (κ2) is 2.96. The molecular formula is C5H10NO2S. The number of sulfone groups is 1. The Labute approximate surface area is 55.5 Å². The fraction of sp³-hybridized carbons (Fsp3) is 0.600. The van der Waals surface area contributed by atoms with Crippen LogP contribution in [0.15, 0.2) is 0 Å². The molecule has 0 aromatic heterocycles. The van der Waals surface area contributed by atoms with Crippen LogP contribution < -0.4 is 0 Å². The van der Waals surface area contributed by atoms with E-state index in [1.807, 2.05) is 0 Å². The fourth-order valence-electron chi connectivity index (χ4n) is 0.337. The van der Waals surface area contributed by atoms with Gasteiger partial charge in [-0.3, -0.25) is 5.41 Å². The van der Waals surface area contributed by atoms with Crippen molar-refractivity contribution in [2.75, 3.05) is 6.26 Å². The minimum absolute atomic E-state index is 0.218. The van der Waals surface area contributed by atoms with Crippen LogP contribution in [0.3, 0.4) is 0 Å². The van der Waals surface area contributed by atoms with Crippen LogP contribution in [-0.4, -0.2) is 19.7 Å². The molecule has 3 nitrogen and oxygen atoms in total. The predicted molar refractivity (Wildman–Crippen MR) is 37.2 cm³/mol. The molecule has 0 saturated heterocycles. The number of nitrogens with one attached hydrogen (secondary N) is 1. The van der Waals surface area contributed by atoms with Crippen molar-refractivity contribution in [1.82, 2.24) is 0 Å². The maximum atomic E-state index is 10.5. The summed E-state index contributed by atoms with van der Waals surface area (Å²) < 4.78 is 21.0. The molecule has 0 bridgehead atoms. The lowest BCUT2D eigenvalue weighted by Gasteiger charge is -1.95. The first-order valence-corrected chi connectivity index (χ1v) is 4.43. The zero-order valence-corrected chi connectivity index (χ0v) is 6.33. The smallest absolute Gasteiger partial charge is 0.188 e. The summed E-state index contributed by atoms with van der Waals surface area (Å²) in [5.41, 5.74) is 0. The molecule has 0 aromatic carbocycles. The summed E-state index contributed by atoms with van der Waals surface area (Å²) in [5.74, 6) is 0. The van der Waals surface area contributed by atoms with E-state index in [1.165, 1.54) is 0 Å². The molecule has 0 aliphatic rings. The van der Waals surface area contributed by atoms with E-state index in [2.05, 4.69) is 0 Å². The summed E-state index contributed by atoms with van der Waals surface area (Å²) in [5, 5.41) is 6.70. The third-order valence-corrected chi connectivity index (χ3v) is 1.90. The van der Waals surface area contributed by atoms with Gasteiger partial charge in [0.15, 0.2) is 9.84 Å². The first-order valence-electron chi connectivity index (χ1n) is 2.53. The highest BCUT2D eigenvalue weighted by molar-refractivity contribution is 8.05. The molecule has 0 fully saturated rings. The third kappa shape index (κ3) is 3.24. The molecule has 0 saturated carbocycles. The van der Waals surface area contributed by atoms with Gasteiger partial charge in [0.05, 0.1) is 0 Å². The average molecular weight is 148 g/mol. The van der Waals surface area contributed by atoms with Crippen molar-refractivity contribution in [2.45, 2.75) is 13.3 Å². The van der Waals surface area contributed by atoms with E-state index in [1.54, 1.807) is 13.3 Å². The molecule has 0 amide bonds. The molecule has 0 rings (SSSR count). The second-order valence-corrected chi connectivity index (χ2v) is 3.84. The van der Waals surface area contributed by atoms with Gasteiger partial charge in [-0.15, -0.1) is 0 Å². The zero-order chi connectivity index (χ0) is 7.49. The minimum Gasteiger partial charge on any atom is -0.294 e. The van der Waals surface area contributed by atoms with Crippen molar-refractivity contribution in [3.8, 4) is 0 Å². The van der Waals surface area contributed by atoms with Gasteiger partial charge in [-0.25, -0.2) is 8.42 Å². The van der Waals surface area contributed by atoms with E-state index < -0.39 is 9.84 Å². The summed E-state index contributed by atoms with van der Waals surface area (Å²) in [6.07, 6.45) is 2.92. The van der Waals surface area contributed by atoms with Gasteiger partial charge in [-0.1, -0.05) is 6.92 Å². The Hall–Kier alpha value is -0.380. The largest absolute Gasteiger partial charge is 0.294 e. The van der Waals surface area contributed by atoms with E-state index in [4.69, 9.17) is 5.41 Å². The van der Waals surface area contributed by atoms with E-state index >= 15 is 0 Å². The van der Waals surface area contributed by atoms with E-state index in [-0.39, 0.29) is 11.5 Å². The summed E-state index contributed by atoms with van der Waals surface area (Å²) in [4.78, 5) is 0. The Kier molecular flexibility index (Phi) is 2.84. The van der Waals surface area contributed by atoms with Crippen LogP contribution in [0.2, 0.25) is 0 Å². The van der Waals surface area contributed by atoms with Crippen LogP contribution >= 0.6 is 0 Å². The Morgan fingerprint density at radius 2 is 2.11 bits per heavy atom. The Morgan fingerprint density at radius 1 is 1.67 bits per heavy atom. The maximum absolute atomic E-state index is 10.5. The number of hydrogen-bond donors (Lipinski definition) is 1. The van der Waals surface area contributed by atoms with Gasteiger partial charge in [0, 0.05) is 12.7 Å². The van der Waals surface area contributed by atoms with Crippen molar-refractivity contribution in [3.63, 3.8) is 0 Å². The van der Waals surface area contributed by atoms with Crippen molar-refractivity contribution < 1.29 is 8.42 Å². The van der Waals surface area contributed by atoms with Gasteiger partial charge in [-0.05, 0) is 6.42 Å². The lowest BCUT2D eigenvalue weighted by Crippen LogP contribution is -2.10. The van der Waals surface area contributed by atoms with E-state index in [9.17, 15) is 8.42 Å². The quantitative estimate of drug-likeness (QED) is 0.461. The van der Waals surface area contributed by atoms with E-state index in [0.29, 0.717) is 0 Å². The Balaban J connectivity index is 4.08. The van der Waals surface area contributed by atoms with Gasteiger partial charge in [0.2, 0.25) is 0 Å². The minimum atomic E-state index is -3.21. The van der Waals surface area contributed by atoms with Gasteiger partial charge in [-0.2, -0.15) is 0 Å². The molecule has 0 spiro atoms. The first-order chi connectivity index (χ1) is 3.98. The monoisotopic (exact) mass is 148 g/mol. The third-order valence-electron chi connectivity index (χ3n) is 0.837. The molecule has 0 heterocycles. The number of rotatable bonds is 2. The summed E-state index contributed by atoms with van der Waals surface area (Å²) in [6, 6.07) is 0. The van der Waals surface area contributed by atoms with Crippen molar-refractivity contribution in [3.05, 3.63) is 6.42 Å². The average Bonchev–Trinajstić information content (AvgIpc) is 1.64. The standard InChI is InChI=1S/C5H10NO2S/c1-3-4-5(6)9(2,7)8/h3,6H,4H2,1-2H3. The SMILES string of the molecule is C[CH]CC(=N)S(C)(=O)=O. The molecule has 1 radical (unpaired) electrons. The molecule has 53 valence electrons. The van der Waals surface area contributed by atoms with E-state index in [0.717, 1.165) is 6.26 Å². The molecule has 9 heavy (non-hydrogen) atoms. The molecule has 0 atom stereocenters. The topological polar surface area (TPSA) is 58.0 Å². The van der Waals surface area contributed by atoms with Gasteiger partial charge in [0.1, 0.15) is 5.04 Å². The molecule has 1 N–H and O–H groups in total. The van der Waals surface area contributed by atoms with Crippen LogP contribution in [-0.2, 0) is 9.84 Å². The Morgan fingerprint density at radius 3 is 2.22 bits per heavy atom. The van der Waals surface area contributed by atoms with Crippen molar-refractivity contribution in [2.24, 2.45) is 0 Å². The lowest BCUT2D eigenvalue weighted by molar-refractivity contribution is 0.611. The zero-order valence-electron chi connectivity index (χ0n) is 5.51. The highest BCUT2D eigenvalue weighted by Crippen LogP contribution is 1.94. The molecular weight excluding hydrogens is 138 g/mol. The van der Waals surface area contributed by atoms with Crippen molar-refractivity contribution >= 4 is 14.9 Å². The summed E-state index contributed by atoms with van der Waals surface area (Å²) >= 11 is 0. The summed E-state index contributed by atoms with van der Waals surface area (Å²) in [7, 11) is -3.21. The molecule has 0 aromatic rings. The first kappa shape index (κ1) is 8.62. The second-order valence-electron chi connectivity index (χ2n) is 1.81.